The summed E-state index contributed by atoms with van der Waals surface area (Å²) in [6, 6.07) is 2.66. The van der Waals surface area contributed by atoms with Crippen molar-refractivity contribution in [2.24, 2.45) is 0 Å². The Kier molecular flexibility index (Phi) is 4.52. The molecule has 0 saturated heterocycles. The van der Waals surface area contributed by atoms with E-state index in [1.807, 2.05) is 0 Å². The molecule has 0 unspecified atom stereocenters. The molecule has 0 aliphatic heterocycles. The van der Waals surface area contributed by atoms with Crippen LogP contribution in [-0.4, -0.2) is 45.1 Å². The van der Waals surface area contributed by atoms with Crippen LogP contribution < -0.4 is 4.90 Å². The summed E-state index contributed by atoms with van der Waals surface area (Å²) >= 11 is 0. The Bertz CT molecular complexity index is 592. The highest BCUT2D eigenvalue weighted by Gasteiger charge is 2.28. The normalized spacial score (nSPS) is 9.55. The van der Waals surface area contributed by atoms with E-state index in [0.29, 0.717) is 4.90 Å². The van der Waals surface area contributed by atoms with Crippen molar-refractivity contribution < 1.29 is 24.7 Å². The van der Waals surface area contributed by atoms with E-state index in [9.17, 15) is 19.7 Å². The summed E-state index contributed by atoms with van der Waals surface area (Å²) in [5.74, 6) is -3.24. The first-order valence-corrected chi connectivity index (χ1v) is 5.08. The third-order valence-corrected chi connectivity index (χ3v) is 2.16. The van der Waals surface area contributed by atoms with Crippen LogP contribution in [-0.2, 0) is 9.59 Å². The third kappa shape index (κ3) is 3.39. The SMILES string of the molecule is N#Cc1ccnc(N(CC(=O)O)CC(=O)O)c1[N+](=O)[O-]. The van der Waals surface area contributed by atoms with Crippen LogP contribution in [0.15, 0.2) is 12.3 Å². The second kappa shape index (κ2) is 6.10. The second-order valence-corrected chi connectivity index (χ2v) is 3.54. The molecule has 10 heteroatoms. The zero-order valence-electron chi connectivity index (χ0n) is 9.89. The lowest BCUT2D eigenvalue weighted by atomic mass is 10.2. The lowest BCUT2D eigenvalue weighted by Crippen LogP contribution is -2.35. The van der Waals surface area contributed by atoms with E-state index < -0.39 is 41.5 Å². The molecule has 10 nitrogen and oxygen atoms in total. The highest BCUT2D eigenvalue weighted by molar-refractivity contribution is 5.81. The Morgan fingerprint density at radius 1 is 1.40 bits per heavy atom. The number of hydrogen-bond acceptors (Lipinski definition) is 7. The maximum absolute atomic E-state index is 11.0. The number of aromatic nitrogens is 1. The van der Waals surface area contributed by atoms with E-state index in [4.69, 9.17) is 15.5 Å². The number of nitro groups is 1. The summed E-state index contributed by atoms with van der Waals surface area (Å²) in [6.07, 6.45) is 1.07. The van der Waals surface area contributed by atoms with Crippen molar-refractivity contribution in [3.63, 3.8) is 0 Å². The molecule has 0 atom stereocenters. The molecule has 1 heterocycles. The van der Waals surface area contributed by atoms with Gasteiger partial charge in [0.2, 0.25) is 5.82 Å². The first-order chi connectivity index (χ1) is 9.36. The van der Waals surface area contributed by atoms with Crippen LogP contribution in [0.4, 0.5) is 11.5 Å². The zero-order valence-corrected chi connectivity index (χ0v) is 9.89. The lowest BCUT2D eigenvalue weighted by molar-refractivity contribution is -0.384. The molecular weight excluding hydrogens is 272 g/mol. The van der Waals surface area contributed by atoms with E-state index in [-0.39, 0.29) is 5.56 Å². The van der Waals surface area contributed by atoms with Gasteiger partial charge < -0.3 is 15.1 Å². The van der Waals surface area contributed by atoms with Crippen molar-refractivity contribution in [3.05, 3.63) is 27.9 Å². The highest BCUT2D eigenvalue weighted by atomic mass is 16.6. The van der Waals surface area contributed by atoms with Gasteiger partial charge in [-0.25, -0.2) is 4.98 Å². The van der Waals surface area contributed by atoms with Gasteiger partial charge in [0, 0.05) is 6.20 Å². The number of aliphatic carboxylic acids is 2. The predicted octanol–water partition coefficient (Wildman–Crippen LogP) is -0.163. The van der Waals surface area contributed by atoms with Crippen molar-refractivity contribution in [2.45, 2.75) is 0 Å². The molecule has 0 amide bonds. The third-order valence-electron chi connectivity index (χ3n) is 2.16. The number of carbonyl (C=O) groups is 2. The second-order valence-electron chi connectivity index (χ2n) is 3.54. The zero-order chi connectivity index (χ0) is 15.3. The molecule has 1 aromatic heterocycles. The minimum absolute atomic E-state index is 0.333. The number of carboxylic acid groups (broad SMARTS) is 2. The number of rotatable bonds is 6. The van der Waals surface area contributed by atoms with Crippen LogP contribution in [0.2, 0.25) is 0 Å². The monoisotopic (exact) mass is 280 g/mol. The van der Waals surface area contributed by atoms with Gasteiger partial charge in [-0.15, -0.1) is 0 Å². The van der Waals surface area contributed by atoms with Crippen molar-refractivity contribution in [1.82, 2.24) is 4.98 Å². The topological polar surface area (TPSA) is 158 Å². The predicted molar refractivity (Wildman–Crippen MR) is 63.1 cm³/mol. The molecule has 0 aromatic carbocycles. The Morgan fingerprint density at radius 3 is 2.35 bits per heavy atom. The Hall–Kier alpha value is -3.22. The largest absolute Gasteiger partial charge is 0.480 e. The van der Waals surface area contributed by atoms with Gasteiger partial charge in [-0.2, -0.15) is 5.26 Å². The summed E-state index contributed by atoms with van der Waals surface area (Å²) in [5.41, 5.74) is -1.06. The molecule has 0 saturated carbocycles. The summed E-state index contributed by atoms with van der Waals surface area (Å²) < 4.78 is 0. The van der Waals surface area contributed by atoms with Crippen molar-refractivity contribution in [1.29, 1.82) is 5.26 Å². The van der Waals surface area contributed by atoms with Crippen molar-refractivity contribution in [2.75, 3.05) is 18.0 Å². The van der Waals surface area contributed by atoms with Gasteiger partial charge in [0.1, 0.15) is 24.7 Å². The van der Waals surface area contributed by atoms with Crippen LogP contribution in [0.25, 0.3) is 0 Å². The Balaban J connectivity index is 3.39. The molecular formula is C10H8N4O6. The molecule has 0 fully saturated rings. The number of anilines is 1. The smallest absolute Gasteiger partial charge is 0.329 e. The molecule has 0 aliphatic rings. The minimum atomic E-state index is -1.38. The minimum Gasteiger partial charge on any atom is -0.480 e. The van der Waals surface area contributed by atoms with Gasteiger partial charge in [0.05, 0.1) is 4.92 Å². The maximum atomic E-state index is 11.0. The average molecular weight is 280 g/mol. The van der Waals surface area contributed by atoms with Crippen molar-refractivity contribution in [3.8, 4) is 6.07 Å². The molecule has 2 N–H and O–H groups in total. The molecule has 104 valence electrons. The van der Waals surface area contributed by atoms with E-state index in [0.717, 1.165) is 12.3 Å². The van der Waals surface area contributed by atoms with Crippen LogP contribution >= 0.6 is 0 Å². The first-order valence-electron chi connectivity index (χ1n) is 5.08. The van der Waals surface area contributed by atoms with Gasteiger partial charge in [0.25, 0.3) is 0 Å². The summed E-state index contributed by atoms with van der Waals surface area (Å²) in [4.78, 5) is 35.8. The van der Waals surface area contributed by atoms with Crippen LogP contribution in [0, 0.1) is 21.4 Å². The van der Waals surface area contributed by atoms with Gasteiger partial charge in [-0.3, -0.25) is 19.7 Å². The summed E-state index contributed by atoms with van der Waals surface area (Å²) in [7, 11) is 0. The van der Waals surface area contributed by atoms with E-state index in [2.05, 4.69) is 4.98 Å². The maximum Gasteiger partial charge on any atom is 0.329 e. The molecule has 0 aliphatic carbocycles. The van der Waals surface area contributed by atoms with Crippen molar-refractivity contribution >= 4 is 23.4 Å². The molecule has 0 bridgehead atoms. The average Bonchev–Trinajstić information content (AvgIpc) is 2.35. The van der Waals surface area contributed by atoms with E-state index in [1.165, 1.54) is 0 Å². The quantitative estimate of drug-likeness (QED) is 0.533. The number of pyridine rings is 1. The fourth-order valence-corrected chi connectivity index (χ4v) is 1.48. The standard InChI is InChI=1S/C10H8N4O6/c11-3-6-1-2-12-10(9(6)14(19)20)13(4-7(15)16)5-8(17)18/h1-2H,4-5H2,(H,15,16)(H,17,18). The van der Waals surface area contributed by atoms with E-state index >= 15 is 0 Å². The fraction of sp³-hybridized carbons (Fsp3) is 0.200. The number of hydrogen-bond donors (Lipinski definition) is 2. The van der Waals surface area contributed by atoms with Crippen LogP contribution in [0.3, 0.4) is 0 Å². The molecule has 1 aromatic rings. The van der Waals surface area contributed by atoms with Gasteiger partial charge in [-0.05, 0) is 6.07 Å². The van der Waals surface area contributed by atoms with Gasteiger partial charge in [0.15, 0.2) is 0 Å². The highest BCUT2D eigenvalue weighted by Crippen LogP contribution is 2.28. The molecule has 0 radical (unpaired) electrons. The molecule has 0 spiro atoms. The van der Waals surface area contributed by atoms with Gasteiger partial charge >= 0.3 is 17.6 Å². The Labute approximate surface area is 111 Å². The molecule has 1 rings (SSSR count). The lowest BCUT2D eigenvalue weighted by Gasteiger charge is -2.19. The van der Waals surface area contributed by atoms with E-state index in [1.54, 1.807) is 6.07 Å². The number of nitrogens with zero attached hydrogens (tertiary/aromatic N) is 4. The van der Waals surface area contributed by atoms with Crippen LogP contribution in [0.1, 0.15) is 5.56 Å². The van der Waals surface area contributed by atoms with Gasteiger partial charge in [-0.1, -0.05) is 0 Å². The Morgan fingerprint density at radius 2 is 1.95 bits per heavy atom. The number of carboxylic acids is 2. The molecule has 20 heavy (non-hydrogen) atoms. The summed E-state index contributed by atoms with van der Waals surface area (Å²) in [6.45, 7) is -1.59. The summed E-state index contributed by atoms with van der Waals surface area (Å²) in [5, 5.41) is 37.2. The fourth-order valence-electron chi connectivity index (χ4n) is 1.48. The van der Waals surface area contributed by atoms with Crippen LogP contribution in [0.5, 0.6) is 0 Å². The number of nitriles is 1. The first kappa shape index (κ1) is 14.8.